The average molecular weight is 328 g/mol. The molecule has 23 heavy (non-hydrogen) atoms. The fourth-order valence-electron chi connectivity index (χ4n) is 2.45. The summed E-state index contributed by atoms with van der Waals surface area (Å²) in [5.74, 6) is -0.435. The first-order chi connectivity index (χ1) is 11.1. The first kappa shape index (κ1) is 15.3. The third kappa shape index (κ3) is 3.43. The largest absolute Gasteiger partial charge is 0.457 e. The van der Waals surface area contributed by atoms with Crippen molar-refractivity contribution in [3.8, 4) is 0 Å². The van der Waals surface area contributed by atoms with E-state index in [0.29, 0.717) is 11.3 Å². The number of carbonyl (C=O) groups is 2. The minimum absolute atomic E-state index is 0.195. The van der Waals surface area contributed by atoms with Gasteiger partial charge in [0.2, 0.25) is 0 Å². The van der Waals surface area contributed by atoms with E-state index in [9.17, 15) is 9.59 Å². The maximum Gasteiger partial charge on any atom is 0.338 e. The fourth-order valence-corrected chi connectivity index (χ4v) is 3.14. The van der Waals surface area contributed by atoms with Crippen LogP contribution in [0.5, 0.6) is 0 Å². The lowest BCUT2D eigenvalue weighted by Gasteiger charge is -2.27. The zero-order valence-corrected chi connectivity index (χ0v) is 13.4. The molecule has 1 aromatic heterocycles. The molecular formula is C17H16N2O3S. The lowest BCUT2D eigenvalue weighted by molar-refractivity contribution is -0.140. The number of hydrogen-bond acceptors (Lipinski definition) is 4. The van der Waals surface area contributed by atoms with Crippen LogP contribution in [0.2, 0.25) is 0 Å². The van der Waals surface area contributed by atoms with Crippen LogP contribution in [-0.4, -0.2) is 12.0 Å². The van der Waals surface area contributed by atoms with Crippen molar-refractivity contribution in [2.75, 3.05) is 0 Å². The van der Waals surface area contributed by atoms with Gasteiger partial charge in [0.15, 0.2) is 0 Å². The van der Waals surface area contributed by atoms with Gasteiger partial charge in [-0.25, -0.2) is 9.59 Å². The number of esters is 1. The Kier molecular flexibility index (Phi) is 4.43. The Labute approximate surface area is 138 Å². The predicted molar refractivity (Wildman–Crippen MR) is 87.7 cm³/mol. The maximum atomic E-state index is 12.5. The summed E-state index contributed by atoms with van der Waals surface area (Å²) in [6.45, 7) is 1.90. The zero-order chi connectivity index (χ0) is 16.2. The molecule has 0 bridgehead atoms. The Hall–Kier alpha value is -2.60. The molecule has 118 valence electrons. The van der Waals surface area contributed by atoms with Crippen molar-refractivity contribution in [2.24, 2.45) is 0 Å². The second kappa shape index (κ2) is 6.66. The summed E-state index contributed by atoms with van der Waals surface area (Å²) in [7, 11) is 0. The first-order valence-corrected chi connectivity index (χ1v) is 8.11. The highest BCUT2D eigenvalue weighted by molar-refractivity contribution is 7.08. The van der Waals surface area contributed by atoms with E-state index in [-0.39, 0.29) is 12.6 Å². The molecule has 0 radical (unpaired) electrons. The third-order valence-corrected chi connectivity index (χ3v) is 4.28. The molecule has 3 rings (SSSR count). The lowest BCUT2D eigenvalue weighted by Crippen LogP contribution is -2.45. The molecule has 0 saturated carbocycles. The van der Waals surface area contributed by atoms with Crippen LogP contribution in [-0.2, 0) is 16.1 Å². The topological polar surface area (TPSA) is 67.4 Å². The summed E-state index contributed by atoms with van der Waals surface area (Å²) in [6, 6.07) is 10.6. The SMILES string of the molecule is CC1=C(C(=O)OCc2ccccc2)C(c2ccsc2)NC(=O)N1. The van der Waals surface area contributed by atoms with E-state index in [2.05, 4.69) is 10.6 Å². The van der Waals surface area contributed by atoms with Gasteiger partial charge in [0.25, 0.3) is 0 Å². The number of hydrogen-bond donors (Lipinski definition) is 2. The molecule has 0 aliphatic carbocycles. The van der Waals surface area contributed by atoms with E-state index in [1.165, 1.54) is 11.3 Å². The van der Waals surface area contributed by atoms with Gasteiger partial charge in [0.1, 0.15) is 6.61 Å². The highest BCUT2D eigenvalue weighted by Gasteiger charge is 2.32. The highest BCUT2D eigenvalue weighted by atomic mass is 32.1. The number of rotatable bonds is 4. The van der Waals surface area contributed by atoms with E-state index in [1.807, 2.05) is 47.2 Å². The number of ether oxygens (including phenoxy) is 1. The van der Waals surface area contributed by atoms with Crippen LogP contribution >= 0.6 is 11.3 Å². The Morgan fingerprint density at radius 3 is 2.74 bits per heavy atom. The Morgan fingerprint density at radius 1 is 1.26 bits per heavy atom. The van der Waals surface area contributed by atoms with Crippen LogP contribution in [0, 0.1) is 0 Å². The van der Waals surface area contributed by atoms with Crippen LogP contribution < -0.4 is 10.6 Å². The number of urea groups is 1. The Balaban J connectivity index is 1.81. The molecule has 1 aliphatic rings. The van der Waals surface area contributed by atoms with Gasteiger partial charge in [-0.3, -0.25) is 0 Å². The smallest absolute Gasteiger partial charge is 0.338 e. The molecule has 0 fully saturated rings. The van der Waals surface area contributed by atoms with Crippen molar-refractivity contribution in [1.82, 2.24) is 10.6 Å². The summed E-state index contributed by atoms with van der Waals surface area (Å²) in [5.41, 5.74) is 2.73. The molecule has 2 heterocycles. The fraction of sp³-hybridized carbons (Fsp3) is 0.176. The molecule has 6 heteroatoms. The van der Waals surface area contributed by atoms with E-state index >= 15 is 0 Å². The van der Waals surface area contributed by atoms with Crippen molar-refractivity contribution in [3.63, 3.8) is 0 Å². The highest BCUT2D eigenvalue weighted by Crippen LogP contribution is 2.29. The number of carbonyl (C=O) groups excluding carboxylic acids is 2. The predicted octanol–water partition coefficient (Wildman–Crippen LogP) is 3.12. The lowest BCUT2D eigenvalue weighted by atomic mass is 9.98. The first-order valence-electron chi connectivity index (χ1n) is 7.16. The van der Waals surface area contributed by atoms with Gasteiger partial charge in [-0.15, -0.1) is 0 Å². The molecule has 0 saturated heterocycles. The van der Waals surface area contributed by atoms with E-state index in [1.54, 1.807) is 6.92 Å². The molecule has 1 unspecified atom stereocenters. The number of thiophene rings is 1. The second-order valence-corrected chi connectivity index (χ2v) is 5.97. The molecule has 1 aliphatic heterocycles. The summed E-state index contributed by atoms with van der Waals surface area (Å²) in [6.07, 6.45) is 0. The minimum Gasteiger partial charge on any atom is -0.457 e. The summed E-state index contributed by atoms with van der Waals surface area (Å²) >= 11 is 1.51. The van der Waals surface area contributed by atoms with Crippen molar-refractivity contribution in [2.45, 2.75) is 19.6 Å². The molecule has 1 atom stereocenters. The van der Waals surface area contributed by atoms with Crippen molar-refractivity contribution >= 4 is 23.3 Å². The van der Waals surface area contributed by atoms with Gasteiger partial charge in [-0.05, 0) is 34.9 Å². The second-order valence-electron chi connectivity index (χ2n) is 5.19. The number of nitrogens with one attached hydrogen (secondary N) is 2. The number of amides is 2. The minimum atomic E-state index is -0.488. The molecule has 1 aromatic carbocycles. The molecule has 2 amide bonds. The summed E-state index contributed by atoms with van der Waals surface area (Å²) in [4.78, 5) is 24.2. The van der Waals surface area contributed by atoms with Gasteiger partial charge in [-0.2, -0.15) is 11.3 Å². The van der Waals surface area contributed by atoms with Gasteiger partial charge in [-0.1, -0.05) is 30.3 Å². The quantitative estimate of drug-likeness (QED) is 0.848. The molecular weight excluding hydrogens is 312 g/mol. The molecule has 5 nitrogen and oxygen atoms in total. The van der Waals surface area contributed by atoms with Crippen molar-refractivity contribution < 1.29 is 14.3 Å². The zero-order valence-electron chi connectivity index (χ0n) is 12.5. The van der Waals surface area contributed by atoms with Gasteiger partial charge in [0, 0.05) is 5.70 Å². The van der Waals surface area contributed by atoms with Crippen molar-refractivity contribution in [1.29, 1.82) is 0 Å². The number of benzene rings is 1. The molecule has 2 aromatic rings. The standard InChI is InChI=1S/C17H16N2O3S/c1-11-14(16(20)22-9-12-5-3-2-4-6-12)15(19-17(21)18-11)13-7-8-23-10-13/h2-8,10,15H,9H2,1H3,(H2,18,19,21). The third-order valence-electron chi connectivity index (χ3n) is 3.58. The molecule has 2 N–H and O–H groups in total. The van der Waals surface area contributed by atoms with Crippen LogP contribution in [0.1, 0.15) is 24.1 Å². The van der Waals surface area contributed by atoms with Crippen LogP contribution in [0.15, 0.2) is 58.4 Å². The van der Waals surface area contributed by atoms with Crippen molar-refractivity contribution in [3.05, 3.63) is 69.6 Å². The van der Waals surface area contributed by atoms with Gasteiger partial charge < -0.3 is 15.4 Å². The molecule has 0 spiro atoms. The van der Waals surface area contributed by atoms with E-state index < -0.39 is 12.0 Å². The normalized spacial score (nSPS) is 17.4. The van der Waals surface area contributed by atoms with Crippen LogP contribution in [0.25, 0.3) is 0 Å². The Morgan fingerprint density at radius 2 is 2.04 bits per heavy atom. The summed E-state index contributed by atoms with van der Waals surface area (Å²) < 4.78 is 5.42. The maximum absolute atomic E-state index is 12.5. The van der Waals surface area contributed by atoms with Gasteiger partial charge >= 0.3 is 12.0 Å². The average Bonchev–Trinajstić information content (AvgIpc) is 3.07. The van der Waals surface area contributed by atoms with Crippen LogP contribution in [0.3, 0.4) is 0 Å². The van der Waals surface area contributed by atoms with Gasteiger partial charge in [0.05, 0.1) is 11.6 Å². The summed E-state index contributed by atoms with van der Waals surface area (Å²) in [5, 5.41) is 9.23. The van der Waals surface area contributed by atoms with E-state index in [0.717, 1.165) is 11.1 Å². The Bertz CT molecular complexity index is 738. The monoisotopic (exact) mass is 328 g/mol. The van der Waals surface area contributed by atoms with E-state index in [4.69, 9.17) is 4.74 Å². The van der Waals surface area contributed by atoms with Crippen LogP contribution in [0.4, 0.5) is 4.79 Å². The number of allylic oxidation sites excluding steroid dienone is 1.